The monoisotopic (exact) mass is 272 g/mol. The fourth-order valence-corrected chi connectivity index (χ4v) is 3.17. The smallest absolute Gasteiger partial charge is 0.0539 e. The first-order valence-corrected chi connectivity index (χ1v) is 7.73. The number of aromatic nitrogens is 3. The predicted octanol–water partition coefficient (Wildman–Crippen LogP) is 2.74. The van der Waals surface area contributed by atoms with Gasteiger partial charge in [0.25, 0.3) is 0 Å². The van der Waals surface area contributed by atoms with Crippen molar-refractivity contribution in [1.82, 2.24) is 19.7 Å². The molecule has 1 N–H and O–H groups in total. The Bertz CT molecular complexity index is 567. The van der Waals surface area contributed by atoms with Crippen LogP contribution in [0.3, 0.4) is 0 Å². The van der Waals surface area contributed by atoms with Crippen molar-refractivity contribution in [3.8, 4) is 0 Å². The van der Waals surface area contributed by atoms with Crippen LogP contribution in [0.4, 0.5) is 0 Å². The third kappa shape index (κ3) is 2.66. The molecule has 4 heteroatoms. The molecule has 4 nitrogen and oxygen atoms in total. The summed E-state index contributed by atoms with van der Waals surface area (Å²) in [6, 6.07) is 0.545. The van der Waals surface area contributed by atoms with Gasteiger partial charge in [0.1, 0.15) is 0 Å². The molecule has 0 saturated heterocycles. The molecule has 0 aromatic carbocycles. The van der Waals surface area contributed by atoms with Gasteiger partial charge in [-0.05, 0) is 43.9 Å². The van der Waals surface area contributed by atoms with E-state index in [0.717, 1.165) is 19.6 Å². The lowest BCUT2D eigenvalue weighted by atomic mass is 9.91. The summed E-state index contributed by atoms with van der Waals surface area (Å²) in [5, 5.41) is 7.95. The van der Waals surface area contributed by atoms with Gasteiger partial charge in [-0.3, -0.25) is 4.68 Å². The summed E-state index contributed by atoms with van der Waals surface area (Å²) in [5.41, 5.74) is 4.30. The molecule has 0 bridgehead atoms. The van der Waals surface area contributed by atoms with E-state index in [1.54, 1.807) is 0 Å². The largest absolute Gasteiger partial charge is 0.349 e. The quantitative estimate of drug-likeness (QED) is 0.908. The Morgan fingerprint density at radius 2 is 2.20 bits per heavy atom. The van der Waals surface area contributed by atoms with Crippen LogP contribution in [0.15, 0.2) is 24.8 Å². The van der Waals surface area contributed by atoms with Crippen LogP contribution in [-0.4, -0.2) is 20.9 Å². The zero-order chi connectivity index (χ0) is 13.9. The average molecular weight is 272 g/mol. The number of fused-ring (bicyclic) bond motifs is 1. The van der Waals surface area contributed by atoms with E-state index in [0.29, 0.717) is 6.04 Å². The number of aryl methyl sites for hydroxylation is 2. The van der Waals surface area contributed by atoms with Gasteiger partial charge in [0.15, 0.2) is 0 Å². The standard InChI is InChI=1S/C16H24N4/c1-3-17-16-7-5-6-14-11-19(12-15(14)16)9-13-8-18-20(4-2)10-13/h8,10-12,16-17H,3-7,9H2,1-2H3. The molecule has 2 heterocycles. The minimum absolute atomic E-state index is 0.545. The second-order valence-corrected chi connectivity index (χ2v) is 5.62. The number of nitrogens with one attached hydrogen (secondary N) is 1. The highest BCUT2D eigenvalue weighted by molar-refractivity contribution is 5.30. The second kappa shape index (κ2) is 5.83. The van der Waals surface area contributed by atoms with Gasteiger partial charge in [0.2, 0.25) is 0 Å². The second-order valence-electron chi connectivity index (χ2n) is 5.62. The molecule has 1 aliphatic rings. The van der Waals surface area contributed by atoms with Crippen molar-refractivity contribution in [1.29, 1.82) is 0 Å². The lowest BCUT2D eigenvalue weighted by Crippen LogP contribution is -2.23. The minimum atomic E-state index is 0.545. The Balaban J connectivity index is 1.78. The lowest BCUT2D eigenvalue weighted by molar-refractivity contribution is 0.473. The first-order valence-electron chi connectivity index (χ1n) is 7.73. The molecule has 3 rings (SSSR count). The van der Waals surface area contributed by atoms with Gasteiger partial charge in [-0.15, -0.1) is 0 Å². The molecule has 2 aromatic heterocycles. The molecule has 0 aliphatic heterocycles. The summed E-state index contributed by atoms with van der Waals surface area (Å²) < 4.78 is 4.30. The summed E-state index contributed by atoms with van der Waals surface area (Å²) in [5.74, 6) is 0. The van der Waals surface area contributed by atoms with Gasteiger partial charge in [-0.2, -0.15) is 5.10 Å². The van der Waals surface area contributed by atoms with Gasteiger partial charge in [-0.25, -0.2) is 0 Å². The third-order valence-electron chi connectivity index (χ3n) is 4.14. The topological polar surface area (TPSA) is 34.8 Å². The lowest BCUT2D eigenvalue weighted by Gasteiger charge is -2.22. The number of rotatable bonds is 5. The van der Waals surface area contributed by atoms with Crippen molar-refractivity contribution >= 4 is 0 Å². The Kier molecular flexibility index (Phi) is 3.92. The summed E-state index contributed by atoms with van der Waals surface area (Å²) >= 11 is 0. The van der Waals surface area contributed by atoms with Crippen LogP contribution in [0.5, 0.6) is 0 Å². The van der Waals surface area contributed by atoms with E-state index in [1.165, 1.54) is 36.0 Å². The van der Waals surface area contributed by atoms with Crippen LogP contribution < -0.4 is 5.32 Å². The van der Waals surface area contributed by atoms with Crippen LogP contribution in [0.25, 0.3) is 0 Å². The fraction of sp³-hybridized carbons (Fsp3) is 0.562. The van der Waals surface area contributed by atoms with Crippen LogP contribution >= 0.6 is 0 Å². The van der Waals surface area contributed by atoms with Crippen molar-refractivity contribution < 1.29 is 0 Å². The molecule has 2 aromatic rings. The highest BCUT2D eigenvalue weighted by atomic mass is 15.3. The molecule has 20 heavy (non-hydrogen) atoms. The molecule has 0 radical (unpaired) electrons. The molecule has 1 unspecified atom stereocenters. The normalized spacial score (nSPS) is 18.2. The summed E-state index contributed by atoms with van der Waals surface area (Å²) in [4.78, 5) is 0. The Hall–Kier alpha value is -1.55. The van der Waals surface area contributed by atoms with Crippen LogP contribution in [-0.2, 0) is 19.5 Å². The van der Waals surface area contributed by atoms with E-state index in [4.69, 9.17) is 0 Å². The first-order chi connectivity index (χ1) is 9.80. The van der Waals surface area contributed by atoms with Gasteiger partial charge >= 0.3 is 0 Å². The Morgan fingerprint density at radius 1 is 1.30 bits per heavy atom. The molecule has 0 fully saturated rings. The van der Waals surface area contributed by atoms with Crippen LogP contribution in [0.1, 0.15) is 49.4 Å². The Labute approximate surface area is 120 Å². The van der Waals surface area contributed by atoms with Gasteiger partial charge in [0.05, 0.1) is 12.7 Å². The molecule has 0 saturated carbocycles. The average Bonchev–Trinajstić information content (AvgIpc) is 3.06. The third-order valence-corrected chi connectivity index (χ3v) is 4.14. The Morgan fingerprint density at radius 3 is 2.95 bits per heavy atom. The van der Waals surface area contributed by atoms with Gasteiger partial charge in [-0.1, -0.05) is 6.92 Å². The van der Waals surface area contributed by atoms with Crippen LogP contribution in [0.2, 0.25) is 0 Å². The van der Waals surface area contributed by atoms with E-state index in [-0.39, 0.29) is 0 Å². The molecule has 1 aliphatic carbocycles. The number of hydrogen-bond acceptors (Lipinski definition) is 2. The fourth-order valence-electron chi connectivity index (χ4n) is 3.17. The highest BCUT2D eigenvalue weighted by Gasteiger charge is 2.21. The highest BCUT2D eigenvalue weighted by Crippen LogP contribution is 2.30. The maximum absolute atomic E-state index is 4.35. The molecule has 108 valence electrons. The molecule has 0 spiro atoms. The zero-order valence-electron chi connectivity index (χ0n) is 12.5. The summed E-state index contributed by atoms with van der Waals surface area (Å²) in [6.45, 7) is 7.20. The van der Waals surface area contributed by atoms with E-state index >= 15 is 0 Å². The van der Waals surface area contributed by atoms with Crippen molar-refractivity contribution in [2.45, 2.75) is 52.2 Å². The minimum Gasteiger partial charge on any atom is -0.349 e. The number of hydrogen-bond donors (Lipinski definition) is 1. The SMILES string of the molecule is CCNC1CCCc2cn(Cc3cnn(CC)c3)cc21. The van der Waals surface area contributed by atoms with E-state index in [2.05, 4.69) is 47.4 Å². The maximum atomic E-state index is 4.35. The van der Waals surface area contributed by atoms with E-state index in [1.807, 2.05) is 10.9 Å². The van der Waals surface area contributed by atoms with Gasteiger partial charge in [0, 0.05) is 36.7 Å². The van der Waals surface area contributed by atoms with Crippen LogP contribution in [0, 0.1) is 0 Å². The van der Waals surface area contributed by atoms with Crippen molar-refractivity contribution in [2.75, 3.05) is 6.54 Å². The van der Waals surface area contributed by atoms with Crippen molar-refractivity contribution in [2.24, 2.45) is 0 Å². The van der Waals surface area contributed by atoms with Crippen molar-refractivity contribution in [3.63, 3.8) is 0 Å². The number of nitrogens with zero attached hydrogens (tertiary/aromatic N) is 3. The first kappa shape index (κ1) is 13.4. The molecule has 0 amide bonds. The maximum Gasteiger partial charge on any atom is 0.0539 e. The van der Waals surface area contributed by atoms with E-state index in [9.17, 15) is 0 Å². The molecule has 1 atom stereocenters. The summed E-state index contributed by atoms with van der Waals surface area (Å²) in [6.07, 6.45) is 12.5. The van der Waals surface area contributed by atoms with Gasteiger partial charge < -0.3 is 9.88 Å². The predicted molar refractivity (Wildman–Crippen MR) is 80.8 cm³/mol. The summed E-state index contributed by atoms with van der Waals surface area (Å²) in [7, 11) is 0. The molecular formula is C16H24N4. The van der Waals surface area contributed by atoms with E-state index < -0.39 is 0 Å². The molecular weight excluding hydrogens is 248 g/mol. The zero-order valence-corrected chi connectivity index (χ0v) is 12.5. The van der Waals surface area contributed by atoms with Crippen molar-refractivity contribution in [3.05, 3.63) is 41.5 Å².